The van der Waals surface area contributed by atoms with Crippen LogP contribution >= 0.6 is 11.6 Å². The molecule has 0 aliphatic heterocycles. The molecule has 31 heavy (non-hydrogen) atoms. The van der Waals surface area contributed by atoms with Gasteiger partial charge in [-0.2, -0.15) is 0 Å². The Balaban J connectivity index is 2.09. The van der Waals surface area contributed by atoms with Crippen LogP contribution in [0.4, 0.5) is 0 Å². The van der Waals surface area contributed by atoms with E-state index in [-0.39, 0.29) is 11.8 Å². The van der Waals surface area contributed by atoms with Crippen LogP contribution in [0.2, 0.25) is 5.02 Å². The van der Waals surface area contributed by atoms with Gasteiger partial charge in [0.25, 0.3) is 0 Å². The number of nitrogens with zero attached hydrogens (tertiary/aromatic N) is 1. The van der Waals surface area contributed by atoms with Gasteiger partial charge in [-0.1, -0.05) is 75.2 Å². The highest BCUT2D eigenvalue weighted by atomic mass is 35.5. The van der Waals surface area contributed by atoms with E-state index in [0.717, 1.165) is 24.0 Å². The predicted molar refractivity (Wildman–Crippen MR) is 128 cm³/mol. The second-order valence-electron chi connectivity index (χ2n) is 8.37. The van der Waals surface area contributed by atoms with Crippen molar-refractivity contribution < 1.29 is 9.59 Å². The van der Waals surface area contributed by atoms with Gasteiger partial charge in [0, 0.05) is 24.5 Å². The summed E-state index contributed by atoms with van der Waals surface area (Å²) in [5.74, 6) is 0.326. The molecule has 0 bridgehead atoms. The highest BCUT2D eigenvalue weighted by molar-refractivity contribution is 6.30. The minimum absolute atomic E-state index is 0.0361. The third-order valence-electron chi connectivity index (χ3n) is 5.51. The first-order valence-corrected chi connectivity index (χ1v) is 11.6. The number of unbranched alkanes of at least 4 members (excludes halogenated alkanes) is 1. The average molecular weight is 443 g/mol. The molecule has 0 saturated heterocycles. The molecule has 4 nitrogen and oxygen atoms in total. The maximum Gasteiger partial charge on any atom is 0.242 e. The summed E-state index contributed by atoms with van der Waals surface area (Å²) >= 11 is 6.13. The van der Waals surface area contributed by atoms with Gasteiger partial charge in [-0.25, -0.2) is 0 Å². The van der Waals surface area contributed by atoms with Crippen molar-refractivity contribution in [1.29, 1.82) is 0 Å². The smallest absolute Gasteiger partial charge is 0.242 e. The largest absolute Gasteiger partial charge is 0.354 e. The Morgan fingerprint density at radius 2 is 1.74 bits per heavy atom. The second kappa shape index (κ2) is 12.5. The van der Waals surface area contributed by atoms with Crippen LogP contribution in [0, 0.1) is 0 Å². The molecular formula is C26H35ClN2O2. The lowest BCUT2D eigenvalue weighted by Crippen LogP contribution is -2.47. The number of hydrogen-bond acceptors (Lipinski definition) is 2. The lowest BCUT2D eigenvalue weighted by molar-refractivity contribution is -0.140. The van der Waals surface area contributed by atoms with Crippen LogP contribution in [-0.2, 0) is 22.6 Å². The fraction of sp³-hybridized carbons (Fsp3) is 0.462. The highest BCUT2D eigenvalue weighted by Gasteiger charge is 2.25. The molecule has 0 aliphatic rings. The molecule has 0 saturated carbocycles. The zero-order valence-electron chi connectivity index (χ0n) is 19.2. The molecule has 1 N–H and O–H groups in total. The van der Waals surface area contributed by atoms with Crippen molar-refractivity contribution in [3.05, 3.63) is 70.2 Å². The average Bonchev–Trinajstić information content (AvgIpc) is 2.75. The van der Waals surface area contributed by atoms with Gasteiger partial charge < -0.3 is 10.2 Å². The van der Waals surface area contributed by atoms with Crippen LogP contribution in [0.15, 0.2) is 48.5 Å². The van der Waals surface area contributed by atoms with Gasteiger partial charge in [0.15, 0.2) is 0 Å². The number of nitrogens with one attached hydrogen (secondary N) is 1. The summed E-state index contributed by atoms with van der Waals surface area (Å²) in [5.41, 5.74) is 3.32. The summed E-state index contributed by atoms with van der Waals surface area (Å²) in [6.45, 7) is 9.19. The fourth-order valence-corrected chi connectivity index (χ4v) is 3.63. The Hall–Kier alpha value is -2.33. The molecule has 2 aromatic rings. The van der Waals surface area contributed by atoms with E-state index in [9.17, 15) is 9.59 Å². The molecule has 5 heteroatoms. The van der Waals surface area contributed by atoms with Crippen LogP contribution in [0.25, 0.3) is 0 Å². The minimum atomic E-state index is -0.549. The molecule has 1 atom stereocenters. The first kappa shape index (κ1) is 24.9. The molecule has 2 aromatic carbocycles. The van der Waals surface area contributed by atoms with Crippen LogP contribution < -0.4 is 5.32 Å². The molecular weight excluding hydrogens is 408 g/mol. The van der Waals surface area contributed by atoms with E-state index in [4.69, 9.17) is 11.6 Å². The fourth-order valence-electron chi connectivity index (χ4n) is 3.41. The van der Waals surface area contributed by atoms with Gasteiger partial charge in [-0.05, 0) is 54.5 Å². The zero-order valence-corrected chi connectivity index (χ0v) is 19.9. The number of rotatable bonds is 11. The summed E-state index contributed by atoms with van der Waals surface area (Å²) in [6, 6.07) is 15.3. The van der Waals surface area contributed by atoms with Crippen molar-refractivity contribution in [2.75, 3.05) is 6.54 Å². The number of aryl methyl sites for hydroxylation is 1. The van der Waals surface area contributed by atoms with Crippen LogP contribution in [0.5, 0.6) is 0 Å². The van der Waals surface area contributed by atoms with Gasteiger partial charge in [-0.15, -0.1) is 0 Å². The molecule has 1 unspecified atom stereocenters. The number of amides is 2. The number of carbonyl (C=O) groups excluding carboxylic acids is 2. The Labute approximate surface area is 192 Å². The molecule has 0 aromatic heterocycles. The topological polar surface area (TPSA) is 49.4 Å². The standard InChI is InChI=1S/C26H35ClN2O2/c1-5-6-16-28-26(31)20(4)29(18-22-8-7-9-24(27)17-22)25(30)15-12-21-10-13-23(14-11-21)19(2)3/h7-11,13-14,17,19-20H,5-6,12,15-16,18H2,1-4H3,(H,28,31). The van der Waals surface area contributed by atoms with E-state index in [1.165, 1.54) is 5.56 Å². The monoisotopic (exact) mass is 442 g/mol. The van der Waals surface area contributed by atoms with Crippen LogP contribution in [0.3, 0.4) is 0 Å². The van der Waals surface area contributed by atoms with E-state index < -0.39 is 6.04 Å². The second-order valence-corrected chi connectivity index (χ2v) is 8.80. The minimum Gasteiger partial charge on any atom is -0.354 e. The molecule has 0 fully saturated rings. The Bertz CT molecular complexity index is 849. The number of carbonyl (C=O) groups is 2. The van der Waals surface area contributed by atoms with Crippen molar-refractivity contribution in [2.45, 2.75) is 71.9 Å². The van der Waals surface area contributed by atoms with Crippen LogP contribution in [-0.4, -0.2) is 29.3 Å². The number of halogens is 1. The summed E-state index contributed by atoms with van der Waals surface area (Å²) in [4.78, 5) is 27.5. The van der Waals surface area contributed by atoms with Crippen molar-refractivity contribution >= 4 is 23.4 Å². The van der Waals surface area contributed by atoms with Gasteiger partial charge >= 0.3 is 0 Å². The number of benzene rings is 2. The van der Waals surface area contributed by atoms with Gasteiger partial charge in [-0.3, -0.25) is 9.59 Å². The van der Waals surface area contributed by atoms with Crippen molar-refractivity contribution in [3.63, 3.8) is 0 Å². The van der Waals surface area contributed by atoms with E-state index in [1.807, 2.05) is 18.2 Å². The third kappa shape index (κ3) is 8.02. The van der Waals surface area contributed by atoms with Crippen LogP contribution in [0.1, 0.15) is 69.6 Å². The zero-order chi connectivity index (χ0) is 22.8. The van der Waals surface area contributed by atoms with Crippen molar-refractivity contribution in [1.82, 2.24) is 10.2 Å². The van der Waals surface area contributed by atoms with Gasteiger partial charge in [0.1, 0.15) is 6.04 Å². The maximum absolute atomic E-state index is 13.2. The molecule has 2 rings (SSSR count). The third-order valence-corrected chi connectivity index (χ3v) is 5.75. The lowest BCUT2D eigenvalue weighted by Gasteiger charge is -2.29. The molecule has 168 valence electrons. The normalized spacial score (nSPS) is 11.9. The van der Waals surface area contributed by atoms with E-state index >= 15 is 0 Å². The first-order valence-electron chi connectivity index (χ1n) is 11.2. The Morgan fingerprint density at radius 3 is 2.35 bits per heavy atom. The molecule has 0 heterocycles. The quantitative estimate of drug-likeness (QED) is 0.452. The first-order chi connectivity index (χ1) is 14.8. The van der Waals surface area contributed by atoms with E-state index in [0.29, 0.717) is 36.9 Å². The van der Waals surface area contributed by atoms with Gasteiger partial charge in [0.05, 0.1) is 0 Å². The van der Waals surface area contributed by atoms with Gasteiger partial charge in [0.2, 0.25) is 11.8 Å². The summed E-state index contributed by atoms with van der Waals surface area (Å²) < 4.78 is 0. The SMILES string of the molecule is CCCCNC(=O)C(C)N(Cc1cccc(Cl)c1)C(=O)CCc1ccc(C(C)C)cc1. The number of hydrogen-bond donors (Lipinski definition) is 1. The van der Waals surface area contributed by atoms with Crippen molar-refractivity contribution in [3.8, 4) is 0 Å². The molecule has 0 spiro atoms. The summed E-state index contributed by atoms with van der Waals surface area (Å²) in [6.07, 6.45) is 2.93. The predicted octanol–water partition coefficient (Wildman–Crippen LogP) is 5.73. The van der Waals surface area contributed by atoms with E-state index in [2.05, 4.69) is 50.4 Å². The molecule has 0 aliphatic carbocycles. The Morgan fingerprint density at radius 1 is 1.03 bits per heavy atom. The molecule has 0 radical (unpaired) electrons. The summed E-state index contributed by atoms with van der Waals surface area (Å²) in [5, 5.41) is 3.57. The van der Waals surface area contributed by atoms with Crippen molar-refractivity contribution in [2.24, 2.45) is 0 Å². The Kier molecular flexibility index (Phi) is 10.1. The summed E-state index contributed by atoms with van der Waals surface area (Å²) in [7, 11) is 0. The van der Waals surface area contributed by atoms with E-state index in [1.54, 1.807) is 17.9 Å². The highest BCUT2D eigenvalue weighted by Crippen LogP contribution is 2.18. The molecule has 2 amide bonds. The maximum atomic E-state index is 13.2. The lowest BCUT2D eigenvalue weighted by atomic mass is 10.00.